The van der Waals surface area contributed by atoms with Crippen LogP contribution in [-0.4, -0.2) is 23.3 Å². The summed E-state index contributed by atoms with van der Waals surface area (Å²) in [5, 5.41) is 14.1. The zero-order chi connectivity index (χ0) is 22.7. The molecule has 0 spiro atoms. The number of carbonyl (C=O) groups excluding carboxylic acids is 2. The number of halogens is 1. The Balaban J connectivity index is 1.54. The van der Waals surface area contributed by atoms with E-state index < -0.39 is 22.3 Å². The second kappa shape index (κ2) is 8.97. The molecule has 8 heteroatoms. The number of anilines is 1. The third-order valence-electron chi connectivity index (χ3n) is 5.49. The zero-order valence-electron chi connectivity index (χ0n) is 17.0. The van der Waals surface area contributed by atoms with Crippen LogP contribution in [0.3, 0.4) is 0 Å². The van der Waals surface area contributed by atoms with Gasteiger partial charge in [-0.3, -0.25) is 19.7 Å². The number of amides is 2. The lowest BCUT2D eigenvalue weighted by Gasteiger charge is -2.22. The number of hydrogen-bond donors (Lipinski definition) is 1. The molecule has 32 heavy (non-hydrogen) atoms. The highest BCUT2D eigenvalue weighted by Gasteiger charge is 2.36. The normalized spacial score (nSPS) is 15.8. The molecule has 0 bridgehead atoms. The lowest BCUT2D eigenvalue weighted by atomic mass is 9.97. The van der Waals surface area contributed by atoms with Crippen molar-refractivity contribution in [2.45, 2.75) is 12.5 Å². The van der Waals surface area contributed by atoms with Crippen molar-refractivity contribution in [3.63, 3.8) is 0 Å². The van der Waals surface area contributed by atoms with Crippen LogP contribution < -0.4 is 10.2 Å². The quantitative estimate of drug-likeness (QED) is 0.470. The van der Waals surface area contributed by atoms with Gasteiger partial charge in [0.2, 0.25) is 17.6 Å². The summed E-state index contributed by atoms with van der Waals surface area (Å²) in [7, 11) is 0. The Hall–Kier alpha value is -4.07. The molecular formula is C24H20FN3O4. The summed E-state index contributed by atoms with van der Waals surface area (Å²) in [4.78, 5) is 37.1. The molecule has 1 unspecified atom stereocenters. The largest absolute Gasteiger partial charge is 0.345 e. The first-order valence-electron chi connectivity index (χ1n) is 10.1. The summed E-state index contributed by atoms with van der Waals surface area (Å²) in [6.45, 7) is 0.0593. The Bertz CT molecular complexity index is 1110. The van der Waals surface area contributed by atoms with Gasteiger partial charge >= 0.3 is 5.69 Å². The average molecular weight is 433 g/mol. The van der Waals surface area contributed by atoms with E-state index in [2.05, 4.69) is 5.32 Å². The van der Waals surface area contributed by atoms with Crippen molar-refractivity contribution < 1.29 is 18.9 Å². The Morgan fingerprint density at radius 3 is 2.19 bits per heavy atom. The number of carbonyl (C=O) groups is 2. The molecule has 0 saturated carbocycles. The number of nitrogens with zero attached hydrogens (tertiary/aromatic N) is 2. The lowest BCUT2D eigenvalue weighted by molar-refractivity contribution is -0.387. The third kappa shape index (κ3) is 4.34. The molecule has 0 aliphatic carbocycles. The maximum atomic E-state index is 13.7. The maximum absolute atomic E-state index is 13.7. The van der Waals surface area contributed by atoms with Crippen LogP contribution in [0.25, 0.3) is 0 Å². The number of rotatable bonds is 6. The van der Waals surface area contributed by atoms with E-state index in [0.29, 0.717) is 0 Å². The predicted octanol–water partition coefficient (Wildman–Crippen LogP) is 3.99. The molecule has 1 atom stereocenters. The van der Waals surface area contributed by atoms with E-state index in [-0.39, 0.29) is 36.5 Å². The number of nitro benzene ring substituents is 1. The highest BCUT2D eigenvalue weighted by molar-refractivity contribution is 6.00. The molecule has 1 aliphatic rings. The van der Waals surface area contributed by atoms with E-state index in [4.69, 9.17) is 0 Å². The highest BCUT2D eigenvalue weighted by atomic mass is 19.1. The molecule has 1 fully saturated rings. The lowest BCUT2D eigenvalue weighted by Crippen LogP contribution is -2.36. The number of hydrogen-bond acceptors (Lipinski definition) is 4. The zero-order valence-corrected chi connectivity index (χ0v) is 17.0. The number of benzene rings is 3. The first-order chi connectivity index (χ1) is 15.4. The predicted molar refractivity (Wildman–Crippen MR) is 116 cm³/mol. The van der Waals surface area contributed by atoms with Crippen LogP contribution >= 0.6 is 0 Å². The number of nitro groups is 1. The van der Waals surface area contributed by atoms with E-state index in [1.165, 1.54) is 11.0 Å². The van der Waals surface area contributed by atoms with Crippen molar-refractivity contribution in [3.05, 3.63) is 106 Å². The molecular weight excluding hydrogens is 413 g/mol. The molecule has 1 heterocycles. The molecule has 0 aromatic heterocycles. The molecule has 1 saturated heterocycles. The van der Waals surface area contributed by atoms with Crippen LogP contribution in [-0.2, 0) is 9.59 Å². The Morgan fingerprint density at radius 2 is 1.62 bits per heavy atom. The SMILES string of the molecule is O=C(NC(c1ccccc1)c1ccccc1)C1CC(=O)N(c2ccc(F)c([N+](=O)[O-])c2)C1. The summed E-state index contributed by atoms with van der Waals surface area (Å²) in [6, 6.07) is 21.9. The summed E-state index contributed by atoms with van der Waals surface area (Å²) in [5.74, 6) is -2.26. The van der Waals surface area contributed by atoms with Gasteiger partial charge in [-0.05, 0) is 23.3 Å². The van der Waals surface area contributed by atoms with Gasteiger partial charge in [0.05, 0.1) is 22.6 Å². The second-order valence-electron chi connectivity index (χ2n) is 7.56. The van der Waals surface area contributed by atoms with Crippen LogP contribution in [0.1, 0.15) is 23.6 Å². The minimum absolute atomic E-state index is 0.0344. The van der Waals surface area contributed by atoms with Crippen molar-refractivity contribution in [1.29, 1.82) is 0 Å². The second-order valence-corrected chi connectivity index (χ2v) is 7.56. The molecule has 3 aromatic carbocycles. The monoisotopic (exact) mass is 433 g/mol. The van der Waals surface area contributed by atoms with E-state index in [1.807, 2.05) is 60.7 Å². The van der Waals surface area contributed by atoms with Gasteiger partial charge in [0.1, 0.15) is 0 Å². The maximum Gasteiger partial charge on any atom is 0.306 e. The fraction of sp³-hybridized carbons (Fsp3) is 0.167. The molecule has 2 amide bonds. The minimum Gasteiger partial charge on any atom is -0.345 e. The molecule has 1 N–H and O–H groups in total. The van der Waals surface area contributed by atoms with Crippen molar-refractivity contribution in [1.82, 2.24) is 5.32 Å². The van der Waals surface area contributed by atoms with Gasteiger partial charge in [0.15, 0.2) is 0 Å². The molecule has 4 rings (SSSR count). The minimum atomic E-state index is -0.978. The fourth-order valence-electron chi connectivity index (χ4n) is 3.85. The molecule has 0 radical (unpaired) electrons. The van der Waals surface area contributed by atoms with Crippen LogP contribution in [0.2, 0.25) is 0 Å². The van der Waals surface area contributed by atoms with Gasteiger partial charge in [-0.1, -0.05) is 60.7 Å². The van der Waals surface area contributed by atoms with Gasteiger partial charge in [-0.25, -0.2) is 0 Å². The molecule has 7 nitrogen and oxygen atoms in total. The summed E-state index contributed by atoms with van der Waals surface area (Å²) < 4.78 is 13.7. The topological polar surface area (TPSA) is 92.6 Å². The molecule has 3 aromatic rings. The van der Waals surface area contributed by atoms with Crippen molar-refractivity contribution in [2.24, 2.45) is 5.92 Å². The van der Waals surface area contributed by atoms with Gasteiger partial charge in [0.25, 0.3) is 0 Å². The van der Waals surface area contributed by atoms with Gasteiger partial charge in [-0.15, -0.1) is 0 Å². The first-order valence-corrected chi connectivity index (χ1v) is 10.1. The summed E-state index contributed by atoms with van der Waals surface area (Å²) in [6.07, 6.45) is -0.0344. The van der Waals surface area contributed by atoms with Crippen LogP contribution in [0.5, 0.6) is 0 Å². The van der Waals surface area contributed by atoms with Crippen LogP contribution in [0.15, 0.2) is 78.9 Å². The van der Waals surface area contributed by atoms with Crippen molar-refractivity contribution in [3.8, 4) is 0 Å². The van der Waals surface area contributed by atoms with Gasteiger partial charge in [0, 0.05) is 19.0 Å². The Kier molecular flexibility index (Phi) is 5.93. The van der Waals surface area contributed by atoms with Crippen molar-refractivity contribution in [2.75, 3.05) is 11.4 Å². The summed E-state index contributed by atoms with van der Waals surface area (Å²) >= 11 is 0. The van der Waals surface area contributed by atoms with E-state index in [1.54, 1.807) is 0 Å². The standard InChI is InChI=1S/C24H20FN3O4/c25-20-12-11-19(14-21(20)28(31)32)27-15-18(13-22(27)29)24(30)26-23(16-7-3-1-4-8-16)17-9-5-2-6-10-17/h1-12,14,18,23H,13,15H2,(H,26,30). The van der Waals surface area contributed by atoms with E-state index in [0.717, 1.165) is 23.3 Å². The smallest absolute Gasteiger partial charge is 0.306 e. The molecule has 162 valence electrons. The first kappa shape index (κ1) is 21.2. The van der Waals surface area contributed by atoms with E-state index >= 15 is 0 Å². The molecule has 1 aliphatic heterocycles. The van der Waals surface area contributed by atoms with E-state index in [9.17, 15) is 24.1 Å². The Morgan fingerprint density at radius 1 is 1.03 bits per heavy atom. The fourth-order valence-corrected chi connectivity index (χ4v) is 3.85. The van der Waals surface area contributed by atoms with Gasteiger partial charge in [-0.2, -0.15) is 4.39 Å². The average Bonchev–Trinajstić information content (AvgIpc) is 3.20. The van der Waals surface area contributed by atoms with Crippen LogP contribution in [0, 0.1) is 21.8 Å². The highest BCUT2D eigenvalue weighted by Crippen LogP contribution is 2.30. The number of nitrogens with one attached hydrogen (secondary N) is 1. The van der Waals surface area contributed by atoms with Gasteiger partial charge < -0.3 is 10.2 Å². The van der Waals surface area contributed by atoms with Crippen LogP contribution in [0.4, 0.5) is 15.8 Å². The third-order valence-corrected chi connectivity index (χ3v) is 5.49. The Labute approximate surface area is 183 Å². The van der Waals surface area contributed by atoms with Crippen molar-refractivity contribution >= 4 is 23.2 Å². The summed E-state index contributed by atoms with van der Waals surface area (Å²) in [5.41, 5.74) is 1.29.